The Labute approximate surface area is 149 Å². The van der Waals surface area contributed by atoms with Crippen LogP contribution in [0.2, 0.25) is 0 Å². The number of rotatable bonds is 3. The highest BCUT2D eigenvalue weighted by molar-refractivity contribution is 9.10. The summed E-state index contributed by atoms with van der Waals surface area (Å²) >= 11 is 3.47. The van der Waals surface area contributed by atoms with E-state index in [4.69, 9.17) is 4.74 Å². The summed E-state index contributed by atoms with van der Waals surface area (Å²) in [5.41, 5.74) is 2.74. The molecule has 0 unspecified atom stereocenters. The minimum atomic E-state index is -0.154. The lowest BCUT2D eigenvalue weighted by Crippen LogP contribution is -2.12. The van der Waals surface area contributed by atoms with Gasteiger partial charge in [-0.2, -0.15) is 0 Å². The van der Waals surface area contributed by atoms with Gasteiger partial charge in [0.05, 0.1) is 11.1 Å². The van der Waals surface area contributed by atoms with Crippen LogP contribution in [0.1, 0.15) is 27.0 Å². The van der Waals surface area contributed by atoms with Gasteiger partial charge in [0.1, 0.15) is 11.5 Å². The van der Waals surface area contributed by atoms with Gasteiger partial charge in [0.2, 0.25) is 5.78 Å². The highest BCUT2D eigenvalue weighted by Crippen LogP contribution is 2.42. The van der Waals surface area contributed by atoms with Crippen molar-refractivity contribution in [2.45, 2.75) is 13.5 Å². The first-order valence-corrected chi connectivity index (χ1v) is 8.36. The fourth-order valence-electron chi connectivity index (χ4n) is 2.78. The van der Waals surface area contributed by atoms with Crippen molar-refractivity contribution in [3.8, 4) is 11.5 Å². The second kappa shape index (κ2) is 6.42. The third-order valence-electron chi connectivity index (χ3n) is 3.89. The molecular weight excluding hydrogens is 370 g/mol. The van der Waals surface area contributed by atoms with Crippen LogP contribution >= 0.6 is 15.9 Å². The summed E-state index contributed by atoms with van der Waals surface area (Å²) in [5.74, 6) is 0.725. The third-order valence-corrected chi connectivity index (χ3v) is 4.61. The highest BCUT2D eigenvalue weighted by Gasteiger charge is 2.33. The standard InChI is InChI=1S/C19H18BrNO3/c1-11-8-15(22)13(10-21(2)3)19-17(11)18(23)16(24-19)9-12-6-4-5-7-14(12)20/h4-9,22H,10H2,1-3H3/b16-9-. The van der Waals surface area contributed by atoms with E-state index in [0.717, 1.165) is 10.0 Å². The normalized spacial score (nSPS) is 15.0. The van der Waals surface area contributed by atoms with Crippen LogP contribution in [0.25, 0.3) is 6.08 Å². The zero-order valence-electron chi connectivity index (χ0n) is 13.8. The first kappa shape index (κ1) is 16.7. The van der Waals surface area contributed by atoms with Crippen LogP contribution in [0.3, 0.4) is 0 Å². The van der Waals surface area contributed by atoms with Crippen molar-refractivity contribution in [1.29, 1.82) is 0 Å². The van der Waals surface area contributed by atoms with Crippen LogP contribution in [-0.2, 0) is 6.54 Å². The Morgan fingerprint density at radius 3 is 2.67 bits per heavy atom. The number of hydrogen-bond donors (Lipinski definition) is 1. The minimum Gasteiger partial charge on any atom is -0.507 e. The van der Waals surface area contributed by atoms with Crippen molar-refractivity contribution < 1.29 is 14.6 Å². The van der Waals surface area contributed by atoms with E-state index in [-0.39, 0.29) is 17.3 Å². The van der Waals surface area contributed by atoms with Gasteiger partial charge in [-0.1, -0.05) is 34.1 Å². The van der Waals surface area contributed by atoms with Gasteiger partial charge in [-0.25, -0.2) is 0 Å². The molecule has 2 aromatic carbocycles. The molecule has 2 aromatic rings. The number of phenols is 1. The predicted octanol–water partition coefficient (Wildman–Crippen LogP) is 4.14. The summed E-state index contributed by atoms with van der Waals surface area (Å²) in [5, 5.41) is 10.3. The van der Waals surface area contributed by atoms with Crippen molar-refractivity contribution in [2.75, 3.05) is 14.1 Å². The van der Waals surface area contributed by atoms with Crippen LogP contribution in [0, 0.1) is 6.92 Å². The van der Waals surface area contributed by atoms with E-state index in [9.17, 15) is 9.90 Å². The molecule has 3 rings (SSSR count). The Morgan fingerprint density at radius 2 is 2.00 bits per heavy atom. The summed E-state index contributed by atoms with van der Waals surface area (Å²) in [6, 6.07) is 9.25. The fraction of sp³-hybridized carbons (Fsp3) is 0.211. The number of aryl methyl sites for hydroxylation is 1. The lowest BCUT2D eigenvalue weighted by Gasteiger charge is -2.15. The summed E-state index contributed by atoms with van der Waals surface area (Å²) in [7, 11) is 3.81. The number of halogens is 1. The van der Waals surface area contributed by atoms with Crippen LogP contribution in [-0.4, -0.2) is 29.9 Å². The molecule has 5 heteroatoms. The van der Waals surface area contributed by atoms with E-state index in [1.165, 1.54) is 0 Å². The van der Waals surface area contributed by atoms with E-state index in [0.29, 0.717) is 29.0 Å². The summed E-state index contributed by atoms with van der Waals surface area (Å²) in [4.78, 5) is 14.7. The van der Waals surface area contributed by atoms with Gasteiger partial charge >= 0.3 is 0 Å². The van der Waals surface area contributed by atoms with Crippen molar-refractivity contribution in [3.63, 3.8) is 0 Å². The van der Waals surface area contributed by atoms with Gasteiger partial charge in [-0.05, 0) is 50.4 Å². The first-order chi connectivity index (χ1) is 11.4. The molecule has 124 valence electrons. The van der Waals surface area contributed by atoms with Gasteiger partial charge in [0.25, 0.3) is 0 Å². The lowest BCUT2D eigenvalue weighted by atomic mass is 9.99. The minimum absolute atomic E-state index is 0.148. The maximum atomic E-state index is 12.8. The molecule has 4 nitrogen and oxygen atoms in total. The fourth-order valence-corrected chi connectivity index (χ4v) is 3.18. The molecular formula is C19H18BrNO3. The number of carbonyl (C=O) groups is 1. The van der Waals surface area contributed by atoms with E-state index >= 15 is 0 Å². The number of carbonyl (C=O) groups excluding carboxylic acids is 1. The first-order valence-electron chi connectivity index (χ1n) is 7.57. The Balaban J connectivity index is 2.10. The molecule has 0 radical (unpaired) electrons. The predicted molar refractivity (Wildman–Crippen MR) is 97.3 cm³/mol. The molecule has 0 atom stereocenters. The average molecular weight is 388 g/mol. The zero-order chi connectivity index (χ0) is 17.4. The van der Waals surface area contributed by atoms with E-state index < -0.39 is 0 Å². The molecule has 0 aromatic heterocycles. The zero-order valence-corrected chi connectivity index (χ0v) is 15.3. The second-order valence-corrected chi connectivity index (χ2v) is 6.95. The number of ether oxygens (including phenoxy) is 1. The monoisotopic (exact) mass is 387 g/mol. The molecule has 0 saturated heterocycles. The van der Waals surface area contributed by atoms with Crippen LogP contribution in [0.4, 0.5) is 0 Å². The Bertz CT molecular complexity index is 856. The van der Waals surface area contributed by atoms with E-state index in [1.54, 1.807) is 19.1 Å². The van der Waals surface area contributed by atoms with Crippen LogP contribution in [0.15, 0.2) is 40.6 Å². The van der Waals surface area contributed by atoms with Gasteiger partial charge in [-0.3, -0.25) is 4.79 Å². The molecule has 1 aliphatic heterocycles. The third kappa shape index (κ3) is 2.97. The van der Waals surface area contributed by atoms with Crippen LogP contribution < -0.4 is 4.74 Å². The molecule has 0 fully saturated rings. The van der Waals surface area contributed by atoms with Gasteiger partial charge in [0.15, 0.2) is 5.76 Å². The van der Waals surface area contributed by atoms with Crippen molar-refractivity contribution in [3.05, 3.63) is 62.8 Å². The molecule has 0 amide bonds. The van der Waals surface area contributed by atoms with Crippen molar-refractivity contribution in [1.82, 2.24) is 4.90 Å². The Hall–Kier alpha value is -2.11. The number of phenolic OH excluding ortho intramolecular Hbond substituents is 1. The SMILES string of the molecule is Cc1cc(O)c(CN(C)C)c2c1C(=O)/C(=C/c1ccccc1Br)O2. The molecule has 1 heterocycles. The molecule has 1 N–H and O–H groups in total. The molecule has 0 bridgehead atoms. The average Bonchev–Trinajstić information content (AvgIpc) is 2.83. The molecule has 0 aliphatic carbocycles. The number of allylic oxidation sites excluding steroid dienone is 1. The highest BCUT2D eigenvalue weighted by atomic mass is 79.9. The van der Waals surface area contributed by atoms with Gasteiger partial charge in [-0.15, -0.1) is 0 Å². The van der Waals surface area contributed by atoms with Gasteiger partial charge < -0.3 is 14.7 Å². The van der Waals surface area contributed by atoms with Crippen molar-refractivity contribution in [2.24, 2.45) is 0 Å². The summed E-state index contributed by atoms with van der Waals surface area (Å²) < 4.78 is 6.76. The van der Waals surface area contributed by atoms with Crippen molar-refractivity contribution >= 4 is 27.8 Å². The number of nitrogens with zero attached hydrogens (tertiary/aromatic N) is 1. The number of hydrogen-bond acceptors (Lipinski definition) is 4. The maximum absolute atomic E-state index is 12.8. The van der Waals surface area contributed by atoms with Crippen LogP contribution in [0.5, 0.6) is 11.5 Å². The van der Waals surface area contributed by atoms with Gasteiger partial charge in [0, 0.05) is 11.0 Å². The Kier molecular flexibility index (Phi) is 4.47. The summed E-state index contributed by atoms with van der Waals surface area (Å²) in [6.07, 6.45) is 1.72. The largest absolute Gasteiger partial charge is 0.507 e. The quantitative estimate of drug-likeness (QED) is 0.803. The number of fused-ring (bicyclic) bond motifs is 1. The Morgan fingerprint density at radius 1 is 1.29 bits per heavy atom. The molecule has 0 saturated carbocycles. The molecule has 24 heavy (non-hydrogen) atoms. The van der Waals surface area contributed by atoms with E-state index in [1.807, 2.05) is 43.3 Å². The lowest BCUT2D eigenvalue weighted by molar-refractivity contribution is 0.101. The summed E-state index contributed by atoms with van der Waals surface area (Å²) in [6.45, 7) is 2.30. The molecule has 0 spiro atoms. The number of benzene rings is 2. The number of ketones is 1. The second-order valence-electron chi connectivity index (χ2n) is 6.09. The maximum Gasteiger partial charge on any atom is 0.232 e. The molecule has 1 aliphatic rings. The van der Waals surface area contributed by atoms with E-state index in [2.05, 4.69) is 15.9 Å². The topological polar surface area (TPSA) is 49.8 Å². The smallest absolute Gasteiger partial charge is 0.232 e. The number of Topliss-reactive ketones (excluding diaryl/α,β-unsaturated/α-hetero) is 1. The number of aromatic hydroxyl groups is 1.